The van der Waals surface area contributed by atoms with E-state index >= 15 is 0 Å². The maximum Gasteiger partial charge on any atom is 0.490 e. The number of isocyanates is 1. The average molecular weight is 1540 g/mol. The van der Waals surface area contributed by atoms with E-state index in [-0.39, 0.29) is 66.1 Å². The summed E-state index contributed by atoms with van der Waals surface area (Å²) in [7, 11) is 0. The molecule has 7 aromatic heterocycles. The molecule has 0 aliphatic carbocycles. The Morgan fingerprint density at radius 1 is 0.519 bits per heavy atom. The number of hydrogen-bond acceptors (Lipinski definition) is 17. The van der Waals surface area contributed by atoms with Crippen molar-refractivity contribution in [2.75, 3.05) is 16.4 Å². The number of halogens is 20. The standard InChI is InChI=1S/2C18H18F5N5O2.C12H16F3N3O.C6H2F2N2O.C5H4F2N2.C2HF3O2/c2*1-9(18(21,22)23)3-14(29)12-6-24-28-7-10(2)27(8-13(12)28)17(30)25-11-4-15(19)26-16(20)5-11;1-7(12(13,14)15)3-11(19)9-4-17-18-6-8(2)16-5-10(9)18;7-5-1-4(9-3-11)2-6(8)10-5;6-4-1-3(8)2-5(7)9-4;3-2(4,5)1(6)7/h2*4-6,9-10H,3,7-8H2,1-2H3,(H,25,26,30);4,7-8,16H,3,5-6H2,1-2H3;1-2H;1-2H,(H2,8,9);(H,6,7)/t2*9-,10-;7-,8-;;;/m000.../s1. The number of nitrogen functional groups attached to an aromatic ring is 1. The van der Waals surface area contributed by atoms with Gasteiger partial charge in [-0.1, -0.05) is 20.8 Å². The number of aliphatic imine (C=N–C) groups is 1. The number of aromatic nitrogens is 10. The molecule has 0 aromatic carbocycles. The normalized spacial score (nSPS) is 16.1. The van der Waals surface area contributed by atoms with Crippen molar-refractivity contribution < 1.29 is 126 Å². The van der Waals surface area contributed by atoms with Gasteiger partial charge in [0.15, 0.2) is 17.3 Å². The van der Waals surface area contributed by atoms with Gasteiger partial charge < -0.3 is 36.6 Å². The van der Waals surface area contributed by atoms with Gasteiger partial charge in [0, 0.05) is 86.1 Å². The Hall–Kier alpha value is -11.0. The predicted molar refractivity (Wildman–Crippen MR) is 326 cm³/mol. The topological polar surface area (TPSA) is 326 Å². The van der Waals surface area contributed by atoms with Gasteiger partial charge in [-0.05, 0) is 20.8 Å². The fourth-order valence-corrected chi connectivity index (χ4v) is 9.42. The Morgan fingerprint density at radius 3 is 1.10 bits per heavy atom. The van der Waals surface area contributed by atoms with Gasteiger partial charge >= 0.3 is 42.7 Å². The summed E-state index contributed by atoms with van der Waals surface area (Å²) < 4.78 is 252. The Morgan fingerprint density at radius 2 is 0.811 bits per heavy atom. The van der Waals surface area contributed by atoms with Gasteiger partial charge in [0.2, 0.25) is 53.7 Å². The van der Waals surface area contributed by atoms with Crippen molar-refractivity contribution in [1.29, 1.82) is 0 Å². The second-order valence-electron chi connectivity index (χ2n) is 23.4. The van der Waals surface area contributed by atoms with E-state index in [1.54, 1.807) is 18.5 Å². The number of carbonyl (C=O) groups excluding carboxylic acids is 6. The van der Waals surface area contributed by atoms with Crippen LogP contribution in [-0.4, -0.2) is 148 Å². The minimum atomic E-state index is -5.08. The van der Waals surface area contributed by atoms with Gasteiger partial charge in [-0.25, -0.2) is 19.2 Å². The number of nitrogens with one attached hydrogen (secondary N) is 3. The van der Waals surface area contributed by atoms with Crippen molar-refractivity contribution in [2.45, 2.75) is 143 Å². The summed E-state index contributed by atoms with van der Waals surface area (Å²) in [6.45, 7) is 9.51. The molecule has 106 heavy (non-hydrogen) atoms. The van der Waals surface area contributed by atoms with E-state index in [1.165, 1.54) is 37.8 Å². The molecule has 0 unspecified atom stereocenters. The van der Waals surface area contributed by atoms with Gasteiger partial charge in [0.1, 0.15) is 0 Å². The zero-order valence-corrected chi connectivity index (χ0v) is 55.4. The number of amides is 4. The Balaban J connectivity index is 0.000000246. The molecule has 6 atom stereocenters. The first kappa shape index (κ1) is 85.6. The highest BCUT2D eigenvalue weighted by molar-refractivity contribution is 5.99. The van der Waals surface area contributed by atoms with Crippen LogP contribution in [0.2, 0.25) is 0 Å². The monoisotopic (exact) mass is 1540 g/mol. The number of Topliss-reactive ketones (excluding diaryl/α,β-unsaturated/α-hetero) is 3. The Labute approximate surface area is 584 Å². The average Bonchev–Trinajstić information content (AvgIpc) is 1.60. The maximum atomic E-state index is 13.2. The minimum absolute atomic E-state index is 0.0109. The van der Waals surface area contributed by atoms with Gasteiger partial charge in [-0.2, -0.15) is 128 Å². The molecule has 3 aliphatic rings. The number of nitrogens with zero attached hydrogens (tertiary/aromatic N) is 13. The summed E-state index contributed by atoms with van der Waals surface area (Å²) >= 11 is 0. The number of aliphatic carboxylic acids is 1. The predicted octanol–water partition coefficient (Wildman–Crippen LogP) is 12.6. The first-order chi connectivity index (χ1) is 49.0. The first-order valence-corrected chi connectivity index (χ1v) is 30.3. The summed E-state index contributed by atoms with van der Waals surface area (Å²) in [4.78, 5) is 97.6. The van der Waals surface area contributed by atoms with Crippen molar-refractivity contribution in [3.05, 3.63) is 148 Å². The molecule has 4 amide bonds. The summed E-state index contributed by atoms with van der Waals surface area (Å²) in [5.41, 5.74) is 6.26. The van der Waals surface area contributed by atoms with Crippen LogP contribution in [0.3, 0.4) is 0 Å². The van der Waals surface area contributed by atoms with Crippen LogP contribution in [-0.2, 0) is 48.9 Å². The van der Waals surface area contributed by atoms with E-state index in [2.05, 4.69) is 56.2 Å². The molecule has 7 aromatic rings. The van der Waals surface area contributed by atoms with Crippen LogP contribution in [0.1, 0.15) is 109 Å². The summed E-state index contributed by atoms with van der Waals surface area (Å²) in [5, 5.41) is 27.2. The molecule has 0 saturated carbocycles. The number of carboxylic acids is 1. The second kappa shape index (κ2) is 36.1. The molecule has 3 aliphatic heterocycles. The first-order valence-electron chi connectivity index (χ1n) is 30.3. The zero-order chi connectivity index (χ0) is 79.8. The van der Waals surface area contributed by atoms with Crippen LogP contribution in [0.5, 0.6) is 0 Å². The Kier molecular flexibility index (Phi) is 29.2. The number of urea groups is 2. The molecule has 10 rings (SSSR count). The van der Waals surface area contributed by atoms with Gasteiger partial charge in [-0.15, -0.1) is 0 Å². The number of nitrogens with two attached hydrogens (primary N) is 1. The van der Waals surface area contributed by atoms with E-state index in [1.807, 2.05) is 6.92 Å². The van der Waals surface area contributed by atoms with E-state index in [0.29, 0.717) is 35.7 Å². The highest BCUT2D eigenvalue weighted by Gasteiger charge is 2.42. The largest absolute Gasteiger partial charge is 0.490 e. The highest BCUT2D eigenvalue weighted by atomic mass is 19.4. The van der Waals surface area contributed by atoms with Crippen molar-refractivity contribution >= 4 is 64.2 Å². The van der Waals surface area contributed by atoms with E-state index in [9.17, 15) is 117 Å². The lowest BCUT2D eigenvalue weighted by molar-refractivity contribution is -0.192. The lowest BCUT2D eigenvalue weighted by Gasteiger charge is -2.34. The quantitative estimate of drug-likeness (QED) is 0.0249. The Bertz CT molecular complexity index is 4060. The fraction of sp³-hybridized carbons (Fsp3) is 0.410. The summed E-state index contributed by atoms with van der Waals surface area (Å²) in [6.07, 6.45) is -15.5. The van der Waals surface area contributed by atoms with E-state index in [4.69, 9.17) is 15.6 Å². The van der Waals surface area contributed by atoms with Crippen LogP contribution in [0, 0.1) is 65.3 Å². The third-order valence-electron chi connectivity index (χ3n) is 15.0. The third kappa shape index (κ3) is 25.4. The molecule has 45 heteroatoms. The zero-order valence-electron chi connectivity index (χ0n) is 55.4. The van der Waals surface area contributed by atoms with Gasteiger partial charge in [-0.3, -0.25) is 28.4 Å². The van der Waals surface area contributed by atoms with Crippen LogP contribution in [0.25, 0.3) is 0 Å². The molecule has 6 N–H and O–H groups in total. The number of carboxylic acid groups (broad SMARTS) is 1. The van der Waals surface area contributed by atoms with E-state index in [0.717, 1.165) is 75.4 Å². The molecule has 0 fully saturated rings. The molecule has 10 heterocycles. The van der Waals surface area contributed by atoms with Crippen molar-refractivity contribution in [3.8, 4) is 0 Å². The number of alkyl halides is 12. The van der Waals surface area contributed by atoms with Crippen LogP contribution in [0.4, 0.5) is 120 Å². The molecule has 0 spiro atoms. The number of rotatable bonds is 12. The van der Waals surface area contributed by atoms with Crippen molar-refractivity contribution in [2.24, 2.45) is 22.7 Å². The third-order valence-corrected chi connectivity index (χ3v) is 15.0. The molecule has 0 saturated heterocycles. The molecule has 0 bridgehead atoms. The molecular weight excluding hydrogens is 1480 g/mol. The smallest absolute Gasteiger partial charge is 0.475 e. The van der Waals surface area contributed by atoms with Crippen LogP contribution < -0.4 is 21.7 Å². The number of pyridine rings is 4. The molecule has 0 radical (unpaired) electrons. The van der Waals surface area contributed by atoms with E-state index < -0.39 is 157 Å². The van der Waals surface area contributed by atoms with Crippen molar-refractivity contribution in [3.63, 3.8) is 0 Å². The lowest BCUT2D eigenvalue weighted by atomic mass is 9.99. The van der Waals surface area contributed by atoms with Gasteiger partial charge in [0.05, 0.1) is 132 Å². The summed E-state index contributed by atoms with van der Waals surface area (Å²) in [6, 6.07) is 4.97. The highest BCUT2D eigenvalue weighted by Crippen LogP contribution is 2.34. The van der Waals surface area contributed by atoms with Crippen LogP contribution >= 0.6 is 0 Å². The minimum Gasteiger partial charge on any atom is -0.475 e. The number of fused-ring (bicyclic) bond motifs is 3. The fourth-order valence-electron chi connectivity index (χ4n) is 9.42. The van der Waals surface area contributed by atoms with Gasteiger partial charge in [0.25, 0.3) is 0 Å². The number of hydrogen-bond donors (Lipinski definition) is 5. The second-order valence-corrected chi connectivity index (χ2v) is 23.4. The summed E-state index contributed by atoms with van der Waals surface area (Å²) in [5.74, 6) is -18.2. The molecule has 576 valence electrons. The number of anilines is 3. The molecular formula is C61H59F20N17O8. The van der Waals surface area contributed by atoms with Crippen LogP contribution in [0.15, 0.2) is 72.1 Å². The maximum absolute atomic E-state index is 13.2. The number of ketones is 3. The SMILES string of the molecule is C[C@H]1Cn2ncc(C(=O)C[C@H](C)C(F)(F)F)c2CN1.C[C@H]1Cn2ncc(C(=O)C[C@H](C)C(F)(F)F)c2CN1C(=O)Nc1cc(F)nc(F)c1.C[C@H]1Cn2ncc(C(=O)C[C@H](C)C(F)(F)F)c2CN1C(=O)Nc1cc(F)nc(F)c1.Nc1cc(F)nc(F)c1.O=C(O)C(F)(F)F.O=C=Nc1cc(F)nc(F)c1. The number of carbonyl (C=O) groups is 6. The molecule has 25 nitrogen and oxygen atoms in total. The van der Waals surface area contributed by atoms with Crippen molar-refractivity contribution in [1.82, 2.24) is 64.4 Å². The lowest BCUT2D eigenvalue weighted by Crippen LogP contribution is -2.47.